The Balaban J connectivity index is 2.21. The minimum atomic E-state index is -0.341. The number of rotatable bonds is 5. The molecule has 0 fully saturated rings. The van der Waals surface area contributed by atoms with Crippen LogP contribution in [0.3, 0.4) is 0 Å². The van der Waals surface area contributed by atoms with Crippen LogP contribution in [0.2, 0.25) is 0 Å². The van der Waals surface area contributed by atoms with E-state index in [1.54, 1.807) is 18.2 Å². The third kappa shape index (κ3) is 3.78. The van der Waals surface area contributed by atoms with Gasteiger partial charge < -0.3 is 4.74 Å². The van der Waals surface area contributed by atoms with Crippen LogP contribution in [0.15, 0.2) is 48.5 Å². The molecule has 1 unspecified atom stereocenters. The van der Waals surface area contributed by atoms with E-state index in [2.05, 4.69) is 0 Å². The van der Waals surface area contributed by atoms with Crippen molar-refractivity contribution in [2.45, 2.75) is 25.9 Å². The van der Waals surface area contributed by atoms with Crippen molar-refractivity contribution in [2.75, 3.05) is 0 Å². The summed E-state index contributed by atoms with van der Waals surface area (Å²) in [5, 5.41) is 0. The first kappa shape index (κ1) is 13.5. The second kappa shape index (κ2) is 6.32. The highest BCUT2D eigenvalue weighted by atomic mass is 19.1. The lowest BCUT2D eigenvalue weighted by Gasteiger charge is -2.19. The lowest BCUT2D eigenvalue weighted by molar-refractivity contribution is 0.192. The fourth-order valence-corrected chi connectivity index (χ4v) is 1.97. The molecule has 2 aromatic carbocycles. The zero-order chi connectivity index (χ0) is 13.7. The zero-order valence-electron chi connectivity index (χ0n) is 10.8. The molecule has 0 aliphatic heterocycles. The molecule has 0 aromatic heterocycles. The Morgan fingerprint density at radius 2 is 1.68 bits per heavy atom. The van der Waals surface area contributed by atoms with Crippen LogP contribution in [-0.4, -0.2) is 0 Å². The molecule has 100 valence electrons. The van der Waals surface area contributed by atoms with E-state index in [0.717, 1.165) is 18.4 Å². The van der Waals surface area contributed by atoms with Gasteiger partial charge in [0.1, 0.15) is 23.5 Å². The average molecular weight is 262 g/mol. The molecule has 19 heavy (non-hydrogen) atoms. The minimum Gasteiger partial charge on any atom is -0.486 e. The van der Waals surface area contributed by atoms with Gasteiger partial charge in [-0.25, -0.2) is 8.78 Å². The summed E-state index contributed by atoms with van der Waals surface area (Å²) in [5.74, 6) is -0.170. The van der Waals surface area contributed by atoms with Gasteiger partial charge in [-0.3, -0.25) is 0 Å². The maximum atomic E-state index is 13.3. The van der Waals surface area contributed by atoms with E-state index < -0.39 is 0 Å². The highest BCUT2D eigenvalue weighted by Crippen LogP contribution is 2.26. The molecule has 0 heterocycles. The molecule has 0 aliphatic carbocycles. The molecular formula is C16H16F2O. The molecule has 0 radical (unpaired) electrons. The van der Waals surface area contributed by atoms with Crippen LogP contribution in [0.25, 0.3) is 0 Å². The van der Waals surface area contributed by atoms with Crippen molar-refractivity contribution in [3.05, 3.63) is 65.7 Å². The third-order valence-electron chi connectivity index (χ3n) is 2.85. The second-order valence-electron chi connectivity index (χ2n) is 4.41. The number of benzene rings is 2. The van der Waals surface area contributed by atoms with Crippen molar-refractivity contribution in [1.29, 1.82) is 0 Å². The molecule has 0 spiro atoms. The SMILES string of the molecule is CCCC(Oc1cccc(F)c1)c1cccc(F)c1. The van der Waals surface area contributed by atoms with Crippen molar-refractivity contribution >= 4 is 0 Å². The summed E-state index contributed by atoms with van der Waals surface area (Å²) in [7, 11) is 0. The van der Waals surface area contributed by atoms with E-state index in [1.165, 1.54) is 24.3 Å². The predicted molar refractivity (Wildman–Crippen MR) is 71.1 cm³/mol. The molecule has 1 atom stereocenters. The first-order valence-electron chi connectivity index (χ1n) is 6.36. The summed E-state index contributed by atoms with van der Waals surface area (Å²) >= 11 is 0. The smallest absolute Gasteiger partial charge is 0.126 e. The molecule has 0 bridgehead atoms. The number of halogens is 2. The summed E-state index contributed by atoms with van der Waals surface area (Å²) in [6, 6.07) is 12.3. The topological polar surface area (TPSA) is 9.23 Å². The van der Waals surface area contributed by atoms with Crippen LogP contribution in [-0.2, 0) is 0 Å². The summed E-state index contributed by atoms with van der Waals surface area (Å²) < 4.78 is 32.2. The molecule has 0 saturated carbocycles. The van der Waals surface area contributed by atoms with E-state index in [9.17, 15) is 8.78 Å². The normalized spacial score (nSPS) is 12.2. The highest BCUT2D eigenvalue weighted by Gasteiger charge is 2.13. The molecule has 3 heteroatoms. The van der Waals surface area contributed by atoms with E-state index in [1.807, 2.05) is 13.0 Å². The van der Waals surface area contributed by atoms with E-state index in [0.29, 0.717) is 5.75 Å². The first-order valence-corrected chi connectivity index (χ1v) is 6.36. The van der Waals surface area contributed by atoms with Gasteiger partial charge in [-0.1, -0.05) is 31.5 Å². The number of hydrogen-bond donors (Lipinski definition) is 0. The monoisotopic (exact) mass is 262 g/mol. The van der Waals surface area contributed by atoms with Gasteiger partial charge >= 0.3 is 0 Å². The Labute approximate surface area is 111 Å². The van der Waals surface area contributed by atoms with Crippen molar-refractivity contribution in [1.82, 2.24) is 0 Å². The molecule has 1 nitrogen and oxygen atoms in total. The van der Waals surface area contributed by atoms with E-state index in [4.69, 9.17) is 4.74 Å². The van der Waals surface area contributed by atoms with Crippen molar-refractivity contribution in [3.8, 4) is 5.75 Å². The Bertz CT molecular complexity index is 540. The Hall–Kier alpha value is -1.90. The first-order chi connectivity index (χ1) is 9.19. The van der Waals surface area contributed by atoms with Gasteiger partial charge in [0, 0.05) is 6.07 Å². The van der Waals surface area contributed by atoms with Crippen LogP contribution in [0.5, 0.6) is 5.75 Å². The third-order valence-corrected chi connectivity index (χ3v) is 2.85. The molecule has 0 aliphatic rings. The van der Waals surface area contributed by atoms with Gasteiger partial charge in [-0.2, -0.15) is 0 Å². The minimum absolute atomic E-state index is 0.262. The van der Waals surface area contributed by atoms with E-state index in [-0.39, 0.29) is 17.7 Å². The van der Waals surface area contributed by atoms with Crippen molar-refractivity contribution < 1.29 is 13.5 Å². The van der Waals surface area contributed by atoms with E-state index >= 15 is 0 Å². The largest absolute Gasteiger partial charge is 0.486 e. The summed E-state index contributed by atoms with van der Waals surface area (Å²) in [6.07, 6.45) is 1.39. The molecule has 2 aromatic rings. The standard InChI is InChI=1S/C16H16F2O/c1-2-5-16(12-6-3-7-13(17)10-12)19-15-9-4-8-14(18)11-15/h3-4,6-11,16H,2,5H2,1H3. The predicted octanol–water partition coefficient (Wildman–Crippen LogP) is 4.89. The molecule has 2 rings (SSSR count). The maximum absolute atomic E-state index is 13.3. The highest BCUT2D eigenvalue weighted by molar-refractivity contribution is 5.25. The zero-order valence-corrected chi connectivity index (χ0v) is 10.8. The van der Waals surface area contributed by atoms with Gasteiger partial charge in [-0.05, 0) is 36.2 Å². The Morgan fingerprint density at radius 3 is 2.32 bits per heavy atom. The van der Waals surface area contributed by atoms with Crippen molar-refractivity contribution in [3.63, 3.8) is 0 Å². The van der Waals surface area contributed by atoms with Crippen LogP contribution < -0.4 is 4.74 Å². The fraction of sp³-hybridized carbons (Fsp3) is 0.250. The van der Waals surface area contributed by atoms with Crippen LogP contribution in [0.1, 0.15) is 31.4 Å². The fourth-order valence-electron chi connectivity index (χ4n) is 1.97. The lowest BCUT2D eigenvalue weighted by atomic mass is 10.0. The second-order valence-corrected chi connectivity index (χ2v) is 4.41. The Morgan fingerprint density at radius 1 is 1.00 bits per heavy atom. The van der Waals surface area contributed by atoms with Gasteiger partial charge in [0.15, 0.2) is 0 Å². The quantitative estimate of drug-likeness (QED) is 0.745. The molecular weight excluding hydrogens is 246 g/mol. The molecule has 0 N–H and O–H groups in total. The average Bonchev–Trinajstić information content (AvgIpc) is 2.38. The van der Waals surface area contributed by atoms with Crippen molar-refractivity contribution in [2.24, 2.45) is 0 Å². The maximum Gasteiger partial charge on any atom is 0.126 e. The van der Waals surface area contributed by atoms with Crippen LogP contribution in [0, 0.1) is 11.6 Å². The summed E-state index contributed by atoms with van der Waals surface area (Å²) in [6.45, 7) is 2.03. The van der Waals surface area contributed by atoms with Gasteiger partial charge in [-0.15, -0.1) is 0 Å². The lowest BCUT2D eigenvalue weighted by Crippen LogP contribution is -2.07. The van der Waals surface area contributed by atoms with Gasteiger partial charge in [0.25, 0.3) is 0 Å². The van der Waals surface area contributed by atoms with Gasteiger partial charge in [0.2, 0.25) is 0 Å². The molecule has 0 amide bonds. The number of ether oxygens (including phenoxy) is 1. The summed E-state index contributed by atoms with van der Waals surface area (Å²) in [4.78, 5) is 0. The van der Waals surface area contributed by atoms with Gasteiger partial charge in [0.05, 0.1) is 0 Å². The molecule has 0 saturated heterocycles. The Kier molecular flexibility index (Phi) is 4.50. The number of hydrogen-bond acceptors (Lipinski definition) is 1. The van der Waals surface area contributed by atoms with Crippen LogP contribution in [0.4, 0.5) is 8.78 Å². The van der Waals surface area contributed by atoms with Crippen LogP contribution >= 0.6 is 0 Å². The summed E-state index contributed by atoms with van der Waals surface area (Å²) in [5.41, 5.74) is 0.770.